The number of ether oxygens (including phenoxy) is 1. The summed E-state index contributed by atoms with van der Waals surface area (Å²) in [4.78, 5) is 37.3. The van der Waals surface area contributed by atoms with Crippen LogP contribution >= 0.6 is 0 Å². The molecule has 2 aliphatic heterocycles. The number of fused-ring (bicyclic) bond motifs is 1. The van der Waals surface area contributed by atoms with Gasteiger partial charge < -0.3 is 15.4 Å². The third-order valence-electron chi connectivity index (χ3n) is 3.73. The van der Waals surface area contributed by atoms with Crippen LogP contribution in [0.5, 0.6) is 0 Å². The van der Waals surface area contributed by atoms with E-state index >= 15 is 0 Å². The Morgan fingerprint density at radius 2 is 1.95 bits per heavy atom. The maximum atomic E-state index is 12.1. The van der Waals surface area contributed by atoms with Crippen molar-refractivity contribution in [1.82, 2.24) is 15.5 Å². The number of benzene rings is 1. The van der Waals surface area contributed by atoms with Crippen molar-refractivity contribution in [3.05, 3.63) is 35.4 Å². The zero-order valence-electron chi connectivity index (χ0n) is 12.0. The minimum absolute atomic E-state index is 0.151. The molecule has 3 amide bonds. The quantitative estimate of drug-likeness (QED) is 0.724. The molecule has 7 heteroatoms. The number of rotatable bonds is 4. The highest BCUT2D eigenvalue weighted by atomic mass is 16.5. The van der Waals surface area contributed by atoms with Crippen LogP contribution < -0.4 is 10.6 Å². The Labute approximate surface area is 127 Å². The van der Waals surface area contributed by atoms with E-state index in [0.29, 0.717) is 24.3 Å². The van der Waals surface area contributed by atoms with E-state index in [-0.39, 0.29) is 30.8 Å². The highest BCUT2D eigenvalue weighted by Crippen LogP contribution is 2.21. The lowest BCUT2D eigenvalue weighted by atomic mass is 10.1. The summed E-state index contributed by atoms with van der Waals surface area (Å²) in [5.41, 5.74) is 0.831. The Morgan fingerprint density at radius 1 is 1.27 bits per heavy atom. The number of nitrogens with one attached hydrogen (secondary N) is 2. The first kappa shape index (κ1) is 14.7. The lowest BCUT2D eigenvalue weighted by Crippen LogP contribution is -2.49. The van der Waals surface area contributed by atoms with E-state index < -0.39 is 6.10 Å². The smallest absolute Gasteiger partial charge is 0.261 e. The number of hydrogen-bond donors (Lipinski definition) is 2. The molecule has 22 heavy (non-hydrogen) atoms. The van der Waals surface area contributed by atoms with Crippen LogP contribution in [0, 0.1) is 0 Å². The van der Waals surface area contributed by atoms with E-state index in [1.54, 1.807) is 24.3 Å². The molecule has 1 unspecified atom stereocenters. The molecule has 2 heterocycles. The second-order valence-electron chi connectivity index (χ2n) is 5.16. The van der Waals surface area contributed by atoms with E-state index in [0.717, 1.165) is 11.4 Å². The van der Waals surface area contributed by atoms with Crippen molar-refractivity contribution >= 4 is 17.7 Å². The van der Waals surface area contributed by atoms with Crippen molar-refractivity contribution in [2.75, 3.05) is 32.8 Å². The second kappa shape index (κ2) is 6.25. The van der Waals surface area contributed by atoms with Crippen molar-refractivity contribution in [3.8, 4) is 0 Å². The fraction of sp³-hybridized carbons (Fsp3) is 0.400. The van der Waals surface area contributed by atoms with Gasteiger partial charge in [-0.05, 0) is 12.1 Å². The number of morpholine rings is 1. The monoisotopic (exact) mass is 303 g/mol. The van der Waals surface area contributed by atoms with Gasteiger partial charge in [-0.3, -0.25) is 19.3 Å². The van der Waals surface area contributed by atoms with Gasteiger partial charge in [0.2, 0.25) is 0 Å². The average Bonchev–Trinajstić information content (AvgIpc) is 2.81. The predicted octanol–water partition coefficient (Wildman–Crippen LogP) is -0.613. The minimum atomic E-state index is -0.518. The van der Waals surface area contributed by atoms with Crippen LogP contribution in [0.25, 0.3) is 0 Å². The standard InChI is InChI=1S/C15H17N3O4/c19-13(12-9-16-6-8-22-12)17-5-7-18-14(20)10-3-1-2-4-11(10)15(18)21/h1-4,12,16H,5-9H2,(H,17,19). The van der Waals surface area contributed by atoms with Gasteiger partial charge in [0, 0.05) is 26.2 Å². The summed E-state index contributed by atoms with van der Waals surface area (Å²) >= 11 is 0. The van der Waals surface area contributed by atoms with Gasteiger partial charge in [-0.15, -0.1) is 0 Å². The Balaban J connectivity index is 1.53. The van der Waals surface area contributed by atoms with Crippen molar-refractivity contribution < 1.29 is 19.1 Å². The van der Waals surface area contributed by atoms with E-state index in [2.05, 4.69) is 10.6 Å². The molecule has 3 rings (SSSR count). The normalized spacial score (nSPS) is 20.9. The zero-order valence-corrected chi connectivity index (χ0v) is 12.0. The summed E-state index contributed by atoms with van der Waals surface area (Å²) in [6, 6.07) is 6.72. The molecule has 1 aromatic rings. The molecule has 116 valence electrons. The Morgan fingerprint density at radius 3 is 2.55 bits per heavy atom. The number of amides is 3. The molecule has 0 aliphatic carbocycles. The molecular formula is C15H17N3O4. The zero-order chi connectivity index (χ0) is 15.5. The van der Waals surface area contributed by atoms with E-state index in [1.807, 2.05) is 0 Å². The van der Waals surface area contributed by atoms with Gasteiger partial charge in [-0.25, -0.2) is 0 Å². The number of carbonyl (C=O) groups is 3. The summed E-state index contributed by atoms with van der Waals surface area (Å²) in [6.45, 7) is 2.07. The van der Waals surface area contributed by atoms with Crippen molar-refractivity contribution in [2.24, 2.45) is 0 Å². The van der Waals surface area contributed by atoms with Gasteiger partial charge in [-0.1, -0.05) is 12.1 Å². The number of imide groups is 1. The second-order valence-corrected chi connectivity index (χ2v) is 5.16. The summed E-state index contributed by atoms with van der Waals surface area (Å²) in [6.07, 6.45) is -0.518. The molecular weight excluding hydrogens is 286 g/mol. The molecule has 1 aromatic carbocycles. The van der Waals surface area contributed by atoms with Crippen LogP contribution in [0.2, 0.25) is 0 Å². The largest absolute Gasteiger partial charge is 0.366 e. The highest BCUT2D eigenvalue weighted by molar-refractivity contribution is 6.21. The van der Waals surface area contributed by atoms with Gasteiger partial charge in [-0.2, -0.15) is 0 Å². The molecule has 0 saturated carbocycles. The molecule has 2 N–H and O–H groups in total. The Kier molecular flexibility index (Phi) is 4.17. The van der Waals surface area contributed by atoms with Crippen LogP contribution in [0.4, 0.5) is 0 Å². The first-order valence-electron chi connectivity index (χ1n) is 7.24. The van der Waals surface area contributed by atoms with E-state index in [4.69, 9.17) is 4.74 Å². The maximum Gasteiger partial charge on any atom is 0.261 e. The van der Waals surface area contributed by atoms with Crippen molar-refractivity contribution in [2.45, 2.75) is 6.10 Å². The first-order valence-corrected chi connectivity index (χ1v) is 7.24. The number of nitrogens with zero attached hydrogens (tertiary/aromatic N) is 1. The van der Waals surface area contributed by atoms with Gasteiger partial charge in [0.1, 0.15) is 6.10 Å². The van der Waals surface area contributed by atoms with E-state index in [9.17, 15) is 14.4 Å². The third kappa shape index (κ3) is 2.72. The third-order valence-corrected chi connectivity index (χ3v) is 3.73. The highest BCUT2D eigenvalue weighted by Gasteiger charge is 2.34. The van der Waals surface area contributed by atoms with Crippen LogP contribution in [-0.2, 0) is 9.53 Å². The fourth-order valence-corrected chi connectivity index (χ4v) is 2.58. The molecule has 1 atom stereocenters. The van der Waals surface area contributed by atoms with Crippen LogP contribution in [-0.4, -0.2) is 61.5 Å². The van der Waals surface area contributed by atoms with Gasteiger partial charge in [0.15, 0.2) is 0 Å². The molecule has 1 saturated heterocycles. The van der Waals surface area contributed by atoms with Crippen LogP contribution in [0.3, 0.4) is 0 Å². The molecule has 0 aromatic heterocycles. The molecule has 2 aliphatic rings. The number of carbonyl (C=O) groups excluding carboxylic acids is 3. The van der Waals surface area contributed by atoms with Gasteiger partial charge in [0.25, 0.3) is 17.7 Å². The molecule has 0 radical (unpaired) electrons. The summed E-state index contributed by atoms with van der Waals surface area (Å²) in [5, 5.41) is 5.77. The van der Waals surface area contributed by atoms with E-state index in [1.165, 1.54) is 0 Å². The summed E-state index contributed by atoms with van der Waals surface area (Å²) in [7, 11) is 0. The molecule has 0 bridgehead atoms. The average molecular weight is 303 g/mol. The first-order chi connectivity index (χ1) is 10.7. The topological polar surface area (TPSA) is 87.7 Å². The predicted molar refractivity (Wildman–Crippen MR) is 77.4 cm³/mol. The lowest BCUT2D eigenvalue weighted by Gasteiger charge is -2.23. The minimum Gasteiger partial charge on any atom is -0.366 e. The van der Waals surface area contributed by atoms with Crippen molar-refractivity contribution in [1.29, 1.82) is 0 Å². The Bertz CT molecular complexity index is 576. The lowest BCUT2D eigenvalue weighted by molar-refractivity contribution is -0.134. The molecule has 0 spiro atoms. The van der Waals surface area contributed by atoms with Crippen LogP contribution in [0.15, 0.2) is 24.3 Å². The summed E-state index contributed by atoms with van der Waals surface area (Å²) in [5.74, 6) is -0.861. The number of hydrogen-bond acceptors (Lipinski definition) is 5. The van der Waals surface area contributed by atoms with Crippen LogP contribution in [0.1, 0.15) is 20.7 Å². The maximum absolute atomic E-state index is 12.1. The Hall–Kier alpha value is -2.25. The summed E-state index contributed by atoms with van der Waals surface area (Å²) < 4.78 is 5.33. The van der Waals surface area contributed by atoms with Gasteiger partial charge >= 0.3 is 0 Å². The molecule has 7 nitrogen and oxygen atoms in total. The van der Waals surface area contributed by atoms with Crippen molar-refractivity contribution in [3.63, 3.8) is 0 Å². The SMILES string of the molecule is O=C(NCCN1C(=O)c2ccccc2C1=O)C1CNCCO1. The molecule has 1 fully saturated rings. The fourth-order valence-electron chi connectivity index (χ4n) is 2.58. The van der Waals surface area contributed by atoms with Gasteiger partial charge in [0.05, 0.1) is 17.7 Å².